The highest BCUT2D eigenvalue weighted by Crippen LogP contribution is 2.48. The van der Waals surface area contributed by atoms with E-state index in [1.807, 2.05) is 18.2 Å². The van der Waals surface area contributed by atoms with E-state index < -0.39 is 0 Å². The van der Waals surface area contributed by atoms with E-state index in [9.17, 15) is 0 Å². The Bertz CT molecular complexity index is 3250. The Morgan fingerprint density at radius 2 is 0.945 bits per heavy atom. The first-order chi connectivity index (χ1) is 27.2. The van der Waals surface area contributed by atoms with E-state index in [-0.39, 0.29) is 0 Å². The normalized spacial score (nSPS) is 11.7. The smallest absolute Gasteiger partial charge is 0.135 e. The lowest BCUT2D eigenvalue weighted by molar-refractivity contribution is 0.669. The minimum atomic E-state index is 0.904. The van der Waals surface area contributed by atoms with E-state index in [2.05, 4.69) is 187 Å². The Labute approximate surface area is 319 Å². The van der Waals surface area contributed by atoms with Crippen LogP contribution in [-0.2, 0) is 0 Å². The molecule has 0 radical (unpaired) electrons. The zero-order valence-corrected chi connectivity index (χ0v) is 30.3. The van der Waals surface area contributed by atoms with Crippen molar-refractivity contribution in [3.63, 3.8) is 0 Å². The van der Waals surface area contributed by atoms with Crippen LogP contribution in [0.1, 0.15) is 5.56 Å². The van der Waals surface area contributed by atoms with Crippen LogP contribution in [0.2, 0.25) is 0 Å². The minimum Gasteiger partial charge on any atom is -0.456 e. The summed E-state index contributed by atoms with van der Waals surface area (Å²) in [6.45, 7) is 2.08. The molecule has 55 heavy (non-hydrogen) atoms. The van der Waals surface area contributed by atoms with Crippen LogP contribution in [0.5, 0.6) is 0 Å². The second-order valence-electron chi connectivity index (χ2n) is 14.5. The second kappa shape index (κ2) is 12.5. The molecular formula is C53H35NO. The van der Waals surface area contributed by atoms with Crippen molar-refractivity contribution >= 4 is 54.5 Å². The number of hydrogen-bond acceptors (Lipinski definition) is 1. The van der Waals surface area contributed by atoms with Crippen molar-refractivity contribution in [1.29, 1.82) is 0 Å². The van der Waals surface area contributed by atoms with E-state index in [1.54, 1.807) is 0 Å². The van der Waals surface area contributed by atoms with Crippen LogP contribution in [0.25, 0.3) is 105 Å². The molecular weight excluding hydrogens is 667 g/mol. The predicted octanol–water partition coefficient (Wildman–Crippen LogP) is 14.8. The van der Waals surface area contributed by atoms with E-state index in [0.717, 1.165) is 27.6 Å². The maximum Gasteiger partial charge on any atom is 0.135 e. The van der Waals surface area contributed by atoms with Gasteiger partial charge in [-0.15, -0.1) is 0 Å². The SMILES string of the molecule is Cc1ccccc1.c1ccc(-n2c3ccccc3c3c(-c4ccc5oc6ccc(-c7ccc8c(c7)-c7cccc9cccc-8c79)cc6c5c4)cccc32)cc1. The molecule has 0 saturated carbocycles. The Morgan fingerprint density at radius 3 is 1.69 bits per heavy atom. The lowest BCUT2D eigenvalue weighted by atomic mass is 9.95. The molecule has 1 aliphatic carbocycles. The first-order valence-electron chi connectivity index (χ1n) is 18.9. The molecule has 0 bridgehead atoms. The lowest BCUT2D eigenvalue weighted by Gasteiger charge is -2.09. The maximum atomic E-state index is 6.40. The van der Waals surface area contributed by atoms with Crippen molar-refractivity contribution in [3.8, 4) is 50.2 Å². The van der Waals surface area contributed by atoms with Gasteiger partial charge in [-0.3, -0.25) is 0 Å². The second-order valence-corrected chi connectivity index (χ2v) is 14.5. The highest BCUT2D eigenvalue weighted by molar-refractivity contribution is 6.18. The van der Waals surface area contributed by atoms with Gasteiger partial charge in [0.1, 0.15) is 11.2 Å². The number of para-hydroxylation sites is 2. The first-order valence-corrected chi connectivity index (χ1v) is 18.9. The summed E-state index contributed by atoms with van der Waals surface area (Å²) in [6.07, 6.45) is 0. The molecule has 11 aromatic rings. The summed E-state index contributed by atoms with van der Waals surface area (Å²) in [4.78, 5) is 0. The van der Waals surface area contributed by atoms with Crippen LogP contribution in [-0.4, -0.2) is 4.57 Å². The number of aryl methyl sites for hydroxylation is 1. The fraction of sp³-hybridized carbons (Fsp3) is 0.0189. The average Bonchev–Trinajstić information content (AvgIpc) is 3.90. The largest absolute Gasteiger partial charge is 0.456 e. The molecule has 0 aliphatic heterocycles. The standard InChI is InChI=1S/C46H27NO.C7H8/c1-2-11-32(12-3-1)47-41-17-5-4-13-37(41)46-33(14-8-18-42(46)47)31-21-24-44-40(27-31)39-26-30(20-23-43(39)48-44)29-19-22-34-35-15-6-9-28-10-7-16-36(45(28)35)38(34)25-29;1-7-5-3-2-4-6-7/h1-27H;2-6H,1H3. The predicted molar refractivity (Wildman–Crippen MR) is 232 cm³/mol. The Kier molecular flexibility index (Phi) is 7.11. The third-order valence-corrected chi connectivity index (χ3v) is 11.3. The monoisotopic (exact) mass is 701 g/mol. The van der Waals surface area contributed by atoms with Gasteiger partial charge in [0, 0.05) is 27.2 Å². The molecule has 0 N–H and O–H groups in total. The molecule has 258 valence electrons. The van der Waals surface area contributed by atoms with Crippen LogP contribution in [0.15, 0.2) is 199 Å². The van der Waals surface area contributed by atoms with Gasteiger partial charge in [0.15, 0.2) is 0 Å². The van der Waals surface area contributed by atoms with Gasteiger partial charge in [-0.2, -0.15) is 0 Å². The summed E-state index contributed by atoms with van der Waals surface area (Å²) >= 11 is 0. The van der Waals surface area contributed by atoms with Crippen LogP contribution < -0.4 is 0 Å². The van der Waals surface area contributed by atoms with Gasteiger partial charge >= 0.3 is 0 Å². The molecule has 0 saturated heterocycles. The molecule has 2 heterocycles. The number of benzene rings is 9. The topological polar surface area (TPSA) is 18.1 Å². The number of nitrogens with zero attached hydrogens (tertiary/aromatic N) is 1. The number of furan rings is 1. The van der Waals surface area contributed by atoms with Crippen molar-refractivity contribution in [2.75, 3.05) is 0 Å². The summed E-state index contributed by atoms with van der Waals surface area (Å²) in [5, 5.41) is 7.43. The summed E-state index contributed by atoms with van der Waals surface area (Å²) in [6, 6.07) is 69.8. The van der Waals surface area contributed by atoms with Crippen molar-refractivity contribution in [1.82, 2.24) is 4.57 Å². The van der Waals surface area contributed by atoms with Gasteiger partial charge in [0.2, 0.25) is 0 Å². The quantitative estimate of drug-likeness (QED) is 0.179. The summed E-state index contributed by atoms with van der Waals surface area (Å²) in [5.74, 6) is 0. The highest BCUT2D eigenvalue weighted by atomic mass is 16.3. The first kappa shape index (κ1) is 31.4. The maximum absolute atomic E-state index is 6.40. The molecule has 1 aliphatic rings. The molecule has 0 spiro atoms. The van der Waals surface area contributed by atoms with Gasteiger partial charge in [-0.05, 0) is 117 Å². The third kappa shape index (κ3) is 5.03. The molecule has 12 rings (SSSR count). The zero-order valence-electron chi connectivity index (χ0n) is 30.3. The van der Waals surface area contributed by atoms with Gasteiger partial charge in [0.05, 0.1) is 11.0 Å². The fourth-order valence-corrected chi connectivity index (χ4v) is 8.75. The van der Waals surface area contributed by atoms with Gasteiger partial charge in [0.25, 0.3) is 0 Å². The number of aromatic nitrogens is 1. The molecule has 0 amide bonds. The molecule has 0 atom stereocenters. The van der Waals surface area contributed by atoms with Crippen LogP contribution >= 0.6 is 0 Å². The zero-order chi connectivity index (χ0) is 36.5. The highest BCUT2D eigenvalue weighted by Gasteiger charge is 2.22. The molecule has 9 aromatic carbocycles. The molecule has 2 aromatic heterocycles. The third-order valence-electron chi connectivity index (χ3n) is 11.3. The minimum absolute atomic E-state index is 0.904. The Hall–Kier alpha value is -7.16. The van der Waals surface area contributed by atoms with Gasteiger partial charge in [-0.1, -0.05) is 145 Å². The Morgan fingerprint density at radius 1 is 0.364 bits per heavy atom. The molecule has 2 heteroatoms. The molecule has 2 nitrogen and oxygen atoms in total. The van der Waals surface area contributed by atoms with Gasteiger partial charge < -0.3 is 8.98 Å². The van der Waals surface area contributed by atoms with E-state index in [4.69, 9.17) is 4.42 Å². The van der Waals surface area contributed by atoms with E-state index in [0.29, 0.717) is 0 Å². The van der Waals surface area contributed by atoms with Gasteiger partial charge in [-0.25, -0.2) is 0 Å². The summed E-state index contributed by atoms with van der Waals surface area (Å²) in [5.41, 5.74) is 16.8. The molecule has 0 unspecified atom stereocenters. The van der Waals surface area contributed by atoms with Crippen molar-refractivity contribution in [2.45, 2.75) is 6.92 Å². The number of fused-ring (bicyclic) bond motifs is 9. The van der Waals surface area contributed by atoms with E-state index in [1.165, 1.54) is 82.6 Å². The summed E-state index contributed by atoms with van der Waals surface area (Å²) < 4.78 is 8.78. The number of rotatable bonds is 3. The summed E-state index contributed by atoms with van der Waals surface area (Å²) in [7, 11) is 0. The lowest BCUT2D eigenvalue weighted by Crippen LogP contribution is -1.92. The van der Waals surface area contributed by atoms with E-state index >= 15 is 0 Å². The van der Waals surface area contributed by atoms with Crippen molar-refractivity contribution in [2.24, 2.45) is 0 Å². The average molecular weight is 702 g/mol. The molecule has 0 fully saturated rings. The number of hydrogen-bond donors (Lipinski definition) is 0. The fourth-order valence-electron chi connectivity index (χ4n) is 8.75. The van der Waals surface area contributed by atoms with Crippen LogP contribution in [0, 0.1) is 6.92 Å². The van der Waals surface area contributed by atoms with Crippen LogP contribution in [0.3, 0.4) is 0 Å². The van der Waals surface area contributed by atoms with Crippen LogP contribution in [0.4, 0.5) is 0 Å². The Balaban J connectivity index is 0.000000457. The van der Waals surface area contributed by atoms with Crippen molar-refractivity contribution < 1.29 is 4.42 Å². The van der Waals surface area contributed by atoms with Crippen molar-refractivity contribution in [3.05, 3.63) is 200 Å².